The number of hydrogen-bond donors (Lipinski definition) is 1. The number of hydrogen-bond acceptors (Lipinski definition) is 4. The quantitative estimate of drug-likeness (QED) is 0.914. The first-order valence-corrected chi connectivity index (χ1v) is 7.41. The van der Waals surface area contributed by atoms with Crippen molar-refractivity contribution >= 4 is 12.0 Å². The number of benzene rings is 1. The molecule has 23 heavy (non-hydrogen) atoms. The van der Waals surface area contributed by atoms with E-state index >= 15 is 0 Å². The maximum Gasteiger partial charge on any atom is 0.358 e. The highest BCUT2D eigenvalue weighted by molar-refractivity contribution is 5.84. The van der Waals surface area contributed by atoms with Crippen molar-refractivity contribution in [1.29, 1.82) is 0 Å². The van der Waals surface area contributed by atoms with Crippen molar-refractivity contribution in [2.24, 2.45) is 0 Å². The number of carbonyl (C=O) groups is 1. The Balaban J connectivity index is 1.53. The van der Waals surface area contributed by atoms with E-state index in [2.05, 4.69) is 15.2 Å². The molecule has 1 aromatic heterocycles. The Kier molecular flexibility index (Phi) is 4.47. The average molecular weight is 316 g/mol. The fourth-order valence-electron chi connectivity index (χ4n) is 2.66. The molecule has 1 aromatic carbocycles. The number of aromatic carboxylic acids is 1. The molecule has 1 N–H and O–H groups in total. The maximum absolute atomic E-state index is 12.8. The molecule has 6 nitrogen and oxygen atoms in total. The average Bonchev–Trinajstić information content (AvgIpc) is 3.18. The minimum Gasteiger partial charge on any atom is -0.476 e. The predicted octanol–water partition coefficient (Wildman–Crippen LogP) is 2.08. The van der Waals surface area contributed by atoms with Gasteiger partial charge in [0.25, 0.3) is 0 Å². The van der Waals surface area contributed by atoms with Gasteiger partial charge in [0.05, 0.1) is 12.2 Å². The minimum atomic E-state index is -1.06. The van der Waals surface area contributed by atoms with Crippen molar-refractivity contribution in [1.82, 2.24) is 19.9 Å². The summed E-state index contributed by atoms with van der Waals surface area (Å²) >= 11 is 0. The van der Waals surface area contributed by atoms with E-state index in [4.69, 9.17) is 5.11 Å². The Morgan fingerprint density at radius 3 is 2.87 bits per heavy atom. The maximum atomic E-state index is 12.8. The summed E-state index contributed by atoms with van der Waals surface area (Å²) in [5, 5.41) is 16.4. The molecule has 0 radical (unpaired) electrons. The van der Waals surface area contributed by atoms with E-state index in [1.165, 1.54) is 18.3 Å². The summed E-state index contributed by atoms with van der Waals surface area (Å²) in [5.74, 6) is -1.30. The Hall–Kier alpha value is -2.54. The van der Waals surface area contributed by atoms with Crippen molar-refractivity contribution in [3.05, 3.63) is 53.6 Å². The van der Waals surface area contributed by atoms with Crippen LogP contribution in [-0.2, 0) is 0 Å². The molecular weight excluding hydrogens is 299 g/mol. The van der Waals surface area contributed by atoms with Crippen LogP contribution < -0.4 is 0 Å². The van der Waals surface area contributed by atoms with Crippen LogP contribution >= 0.6 is 0 Å². The highest BCUT2D eigenvalue weighted by atomic mass is 19.1. The molecule has 1 fully saturated rings. The number of carboxylic acids is 1. The Morgan fingerprint density at radius 1 is 1.39 bits per heavy atom. The second-order valence-corrected chi connectivity index (χ2v) is 5.54. The molecule has 0 saturated carbocycles. The fraction of sp³-hybridized carbons (Fsp3) is 0.312. The fourth-order valence-corrected chi connectivity index (χ4v) is 2.66. The van der Waals surface area contributed by atoms with Gasteiger partial charge >= 0.3 is 5.97 Å². The van der Waals surface area contributed by atoms with Crippen LogP contribution in [0.3, 0.4) is 0 Å². The van der Waals surface area contributed by atoms with Crippen LogP contribution in [0.15, 0.2) is 36.5 Å². The van der Waals surface area contributed by atoms with Gasteiger partial charge in [0.1, 0.15) is 5.82 Å². The van der Waals surface area contributed by atoms with Gasteiger partial charge in [-0.05, 0) is 24.1 Å². The molecule has 1 aliphatic heterocycles. The summed E-state index contributed by atoms with van der Waals surface area (Å²) in [6.07, 6.45) is 6.39. The van der Waals surface area contributed by atoms with E-state index in [1.807, 2.05) is 12.2 Å². The first-order chi connectivity index (χ1) is 11.1. The van der Waals surface area contributed by atoms with Gasteiger partial charge in [0, 0.05) is 19.6 Å². The molecule has 0 aliphatic carbocycles. The van der Waals surface area contributed by atoms with E-state index in [0.717, 1.165) is 31.6 Å². The van der Waals surface area contributed by atoms with Crippen LogP contribution in [0.4, 0.5) is 4.39 Å². The lowest BCUT2D eigenvalue weighted by molar-refractivity contribution is 0.0690. The molecule has 0 spiro atoms. The molecule has 1 unspecified atom stereocenters. The molecule has 2 heterocycles. The predicted molar refractivity (Wildman–Crippen MR) is 82.5 cm³/mol. The Morgan fingerprint density at radius 2 is 2.17 bits per heavy atom. The zero-order chi connectivity index (χ0) is 16.2. The number of carboxylic acid groups (broad SMARTS) is 1. The molecule has 0 amide bonds. The zero-order valence-corrected chi connectivity index (χ0v) is 12.5. The lowest BCUT2D eigenvalue weighted by atomic mass is 10.2. The summed E-state index contributed by atoms with van der Waals surface area (Å²) in [7, 11) is 0. The van der Waals surface area contributed by atoms with Crippen LogP contribution in [0.5, 0.6) is 0 Å². The van der Waals surface area contributed by atoms with Crippen molar-refractivity contribution < 1.29 is 14.3 Å². The van der Waals surface area contributed by atoms with Gasteiger partial charge in [-0.2, -0.15) is 0 Å². The highest BCUT2D eigenvalue weighted by Crippen LogP contribution is 2.20. The molecule has 2 aromatic rings. The molecule has 1 saturated heterocycles. The molecule has 1 aliphatic rings. The second-order valence-electron chi connectivity index (χ2n) is 5.54. The zero-order valence-electron chi connectivity index (χ0n) is 12.5. The van der Waals surface area contributed by atoms with E-state index in [0.29, 0.717) is 0 Å². The van der Waals surface area contributed by atoms with Gasteiger partial charge in [-0.1, -0.05) is 29.5 Å². The molecule has 7 heteroatoms. The summed E-state index contributed by atoms with van der Waals surface area (Å²) in [6, 6.07) is 6.50. The topological polar surface area (TPSA) is 71.2 Å². The lowest BCUT2D eigenvalue weighted by Gasteiger charge is -2.13. The van der Waals surface area contributed by atoms with Crippen LogP contribution in [0.2, 0.25) is 0 Å². The largest absolute Gasteiger partial charge is 0.476 e. The van der Waals surface area contributed by atoms with Crippen LogP contribution in [0, 0.1) is 5.82 Å². The van der Waals surface area contributed by atoms with Gasteiger partial charge in [0.15, 0.2) is 5.69 Å². The van der Waals surface area contributed by atoms with E-state index < -0.39 is 5.97 Å². The lowest BCUT2D eigenvalue weighted by Crippen LogP contribution is -2.21. The smallest absolute Gasteiger partial charge is 0.358 e. The van der Waals surface area contributed by atoms with Crippen molar-refractivity contribution in [2.75, 3.05) is 19.6 Å². The summed E-state index contributed by atoms with van der Waals surface area (Å²) in [5.41, 5.74) is 0.934. The molecular formula is C16H17FN4O2. The standard InChI is InChI=1S/C16H17FN4O2/c17-13-5-3-12(4-6-13)2-1-8-20-9-7-14(10-20)21-11-15(16(22)23)18-19-21/h1-6,11,14H,7-10H2,(H,22,23)/b2-1+. The third-order valence-corrected chi connectivity index (χ3v) is 3.89. The van der Waals surface area contributed by atoms with Crippen LogP contribution in [-0.4, -0.2) is 50.6 Å². The third kappa shape index (κ3) is 3.81. The normalized spacial score (nSPS) is 18.7. The monoisotopic (exact) mass is 316 g/mol. The number of halogens is 1. The summed E-state index contributed by atoms with van der Waals surface area (Å²) in [4.78, 5) is 13.1. The summed E-state index contributed by atoms with van der Waals surface area (Å²) in [6.45, 7) is 2.51. The molecule has 3 rings (SSSR count). The van der Waals surface area contributed by atoms with Gasteiger partial charge < -0.3 is 5.11 Å². The third-order valence-electron chi connectivity index (χ3n) is 3.89. The van der Waals surface area contributed by atoms with E-state index in [1.54, 1.807) is 16.8 Å². The highest BCUT2D eigenvalue weighted by Gasteiger charge is 2.24. The Labute approximate surface area is 132 Å². The van der Waals surface area contributed by atoms with Gasteiger partial charge in [-0.25, -0.2) is 13.9 Å². The van der Waals surface area contributed by atoms with Crippen molar-refractivity contribution in [3.63, 3.8) is 0 Å². The number of nitrogens with zero attached hydrogens (tertiary/aromatic N) is 4. The number of rotatable bonds is 5. The first kappa shape index (κ1) is 15.4. The SMILES string of the molecule is O=C(O)c1cn(C2CCN(C/C=C/c3ccc(F)cc3)C2)nn1. The molecule has 1 atom stereocenters. The van der Waals surface area contributed by atoms with E-state index in [9.17, 15) is 9.18 Å². The van der Waals surface area contributed by atoms with Gasteiger partial charge in [0.2, 0.25) is 0 Å². The molecule has 120 valence electrons. The van der Waals surface area contributed by atoms with Crippen molar-refractivity contribution in [2.45, 2.75) is 12.5 Å². The van der Waals surface area contributed by atoms with Crippen molar-refractivity contribution in [3.8, 4) is 0 Å². The second kappa shape index (κ2) is 6.70. The number of aromatic nitrogens is 3. The Bertz CT molecular complexity index is 711. The van der Waals surface area contributed by atoms with Gasteiger partial charge in [-0.3, -0.25) is 4.90 Å². The van der Waals surface area contributed by atoms with Crippen LogP contribution in [0.25, 0.3) is 6.08 Å². The molecule has 0 bridgehead atoms. The van der Waals surface area contributed by atoms with Gasteiger partial charge in [-0.15, -0.1) is 5.10 Å². The number of likely N-dealkylation sites (tertiary alicyclic amines) is 1. The first-order valence-electron chi connectivity index (χ1n) is 7.41. The van der Waals surface area contributed by atoms with E-state index in [-0.39, 0.29) is 17.6 Å². The van der Waals surface area contributed by atoms with Crippen LogP contribution in [0.1, 0.15) is 28.5 Å². The minimum absolute atomic E-state index is 0.0281. The summed E-state index contributed by atoms with van der Waals surface area (Å²) < 4.78 is 14.5.